The van der Waals surface area contributed by atoms with E-state index < -0.39 is 5.60 Å². The maximum absolute atomic E-state index is 13.0. The quantitative estimate of drug-likeness (QED) is 0.900. The van der Waals surface area contributed by atoms with Gasteiger partial charge in [-0.2, -0.15) is 0 Å². The van der Waals surface area contributed by atoms with Gasteiger partial charge in [0.05, 0.1) is 12.1 Å². The highest BCUT2D eigenvalue weighted by molar-refractivity contribution is 5.75. The molecule has 0 bridgehead atoms. The van der Waals surface area contributed by atoms with Gasteiger partial charge >= 0.3 is 6.03 Å². The molecule has 2 aliphatic rings. The fraction of sp³-hybridized carbons (Fsp3) is 0.611. The van der Waals surface area contributed by atoms with Crippen LogP contribution in [0.1, 0.15) is 44.1 Å². The van der Waals surface area contributed by atoms with Crippen molar-refractivity contribution in [3.63, 3.8) is 0 Å². The van der Waals surface area contributed by atoms with Gasteiger partial charge < -0.3 is 15.3 Å². The maximum atomic E-state index is 13.0. The monoisotopic (exact) mass is 320 g/mol. The Kier molecular flexibility index (Phi) is 4.85. The molecule has 2 fully saturated rings. The zero-order valence-corrected chi connectivity index (χ0v) is 13.4. The van der Waals surface area contributed by atoms with Crippen molar-refractivity contribution in [2.75, 3.05) is 13.1 Å². The fourth-order valence-electron chi connectivity index (χ4n) is 3.67. The Hall–Kier alpha value is -1.62. The number of amides is 2. The van der Waals surface area contributed by atoms with Crippen molar-refractivity contribution in [2.24, 2.45) is 0 Å². The molecule has 23 heavy (non-hydrogen) atoms. The van der Waals surface area contributed by atoms with Crippen LogP contribution in [0.25, 0.3) is 0 Å². The first-order chi connectivity index (χ1) is 11.0. The van der Waals surface area contributed by atoms with Crippen LogP contribution in [0.15, 0.2) is 24.3 Å². The summed E-state index contributed by atoms with van der Waals surface area (Å²) in [6.45, 7) is 0.902. The van der Waals surface area contributed by atoms with Crippen molar-refractivity contribution in [2.45, 2.75) is 56.6 Å². The molecule has 0 aromatic heterocycles. The lowest BCUT2D eigenvalue weighted by Gasteiger charge is -2.27. The van der Waals surface area contributed by atoms with Gasteiger partial charge in [0.25, 0.3) is 0 Å². The molecule has 1 aromatic rings. The highest BCUT2D eigenvalue weighted by Gasteiger charge is 2.38. The first kappa shape index (κ1) is 16.2. The van der Waals surface area contributed by atoms with E-state index in [0.29, 0.717) is 25.9 Å². The van der Waals surface area contributed by atoms with Crippen molar-refractivity contribution < 1.29 is 14.3 Å². The predicted molar refractivity (Wildman–Crippen MR) is 86.6 cm³/mol. The molecule has 126 valence electrons. The van der Waals surface area contributed by atoms with E-state index in [1.807, 2.05) is 0 Å². The van der Waals surface area contributed by atoms with E-state index in [0.717, 1.165) is 18.4 Å². The summed E-state index contributed by atoms with van der Waals surface area (Å²) < 4.78 is 13.0. The molecule has 0 radical (unpaired) electrons. The molecule has 0 spiro atoms. The molecule has 2 N–H and O–H groups in total. The molecular formula is C18H25FN2O2. The molecule has 1 heterocycles. The van der Waals surface area contributed by atoms with E-state index in [4.69, 9.17) is 0 Å². The number of nitrogens with zero attached hydrogens (tertiary/aromatic N) is 1. The molecule has 4 nitrogen and oxygen atoms in total. The van der Waals surface area contributed by atoms with E-state index >= 15 is 0 Å². The highest BCUT2D eigenvalue weighted by Crippen LogP contribution is 2.26. The second kappa shape index (κ2) is 6.87. The molecule has 1 aromatic carbocycles. The molecule has 3 rings (SSSR count). The highest BCUT2D eigenvalue weighted by atomic mass is 19.1. The van der Waals surface area contributed by atoms with Gasteiger partial charge in [-0.1, -0.05) is 31.4 Å². The summed E-state index contributed by atoms with van der Waals surface area (Å²) in [5.41, 5.74) is -0.0229. The fourth-order valence-corrected chi connectivity index (χ4v) is 3.67. The molecule has 1 saturated carbocycles. The van der Waals surface area contributed by atoms with E-state index in [1.165, 1.54) is 31.4 Å². The lowest BCUT2D eigenvalue weighted by molar-refractivity contribution is 0.0525. The number of carbonyl (C=O) groups is 1. The van der Waals surface area contributed by atoms with Gasteiger partial charge in [-0.15, -0.1) is 0 Å². The zero-order chi connectivity index (χ0) is 16.3. The summed E-state index contributed by atoms with van der Waals surface area (Å²) in [4.78, 5) is 14.1. The third-order valence-electron chi connectivity index (χ3n) is 5.00. The van der Waals surface area contributed by atoms with Crippen molar-refractivity contribution in [3.05, 3.63) is 35.6 Å². The Balaban J connectivity index is 1.53. The lowest BCUT2D eigenvalue weighted by atomic mass is 9.94. The van der Waals surface area contributed by atoms with E-state index in [1.54, 1.807) is 17.0 Å². The van der Waals surface area contributed by atoms with Crippen LogP contribution in [0.3, 0.4) is 0 Å². The minimum absolute atomic E-state index is 0.0630. The van der Waals surface area contributed by atoms with Crippen LogP contribution in [0.2, 0.25) is 0 Å². The summed E-state index contributed by atoms with van der Waals surface area (Å²) in [6, 6.07) is 6.41. The van der Waals surface area contributed by atoms with Crippen LogP contribution in [0.5, 0.6) is 0 Å². The van der Waals surface area contributed by atoms with Crippen LogP contribution in [0.4, 0.5) is 9.18 Å². The van der Waals surface area contributed by atoms with E-state index in [9.17, 15) is 14.3 Å². The van der Waals surface area contributed by atoms with Gasteiger partial charge in [0.2, 0.25) is 0 Å². The van der Waals surface area contributed by atoms with Gasteiger partial charge in [-0.25, -0.2) is 9.18 Å². The average Bonchev–Trinajstić information content (AvgIpc) is 2.93. The Morgan fingerprint density at radius 3 is 2.65 bits per heavy atom. The summed E-state index contributed by atoms with van der Waals surface area (Å²) in [5, 5.41) is 13.8. The van der Waals surface area contributed by atoms with Gasteiger partial charge in [0.1, 0.15) is 5.82 Å². The van der Waals surface area contributed by atoms with Crippen LogP contribution in [0, 0.1) is 5.82 Å². The Morgan fingerprint density at radius 2 is 1.96 bits per heavy atom. The minimum atomic E-state index is -0.915. The Morgan fingerprint density at radius 1 is 1.26 bits per heavy atom. The van der Waals surface area contributed by atoms with Crippen molar-refractivity contribution in [1.29, 1.82) is 0 Å². The second-order valence-corrected chi connectivity index (χ2v) is 6.98. The van der Waals surface area contributed by atoms with Crippen LogP contribution in [-0.2, 0) is 6.42 Å². The molecule has 1 aliphatic heterocycles. The molecule has 2 amide bonds. The lowest BCUT2D eigenvalue weighted by Crippen LogP contribution is -2.46. The molecular weight excluding hydrogens is 295 g/mol. The summed E-state index contributed by atoms with van der Waals surface area (Å²) in [7, 11) is 0. The minimum Gasteiger partial charge on any atom is -0.388 e. The van der Waals surface area contributed by atoms with Gasteiger partial charge in [0.15, 0.2) is 0 Å². The van der Waals surface area contributed by atoms with Gasteiger partial charge in [-0.05, 0) is 37.0 Å². The number of benzene rings is 1. The first-order valence-electron chi connectivity index (χ1n) is 8.56. The standard InChI is InChI=1S/C18H25FN2O2/c19-15-8-6-14(7-9-15)12-18(23)10-11-21(13-18)17(22)20-16-4-2-1-3-5-16/h6-9,16,23H,1-5,10-13H2,(H,20,22). The average molecular weight is 320 g/mol. The van der Waals surface area contributed by atoms with E-state index in [2.05, 4.69) is 5.32 Å². The summed E-state index contributed by atoms with van der Waals surface area (Å²) in [5.74, 6) is -0.277. The third kappa shape index (κ3) is 4.22. The van der Waals surface area contributed by atoms with Crippen molar-refractivity contribution in [3.8, 4) is 0 Å². The van der Waals surface area contributed by atoms with Crippen molar-refractivity contribution >= 4 is 6.03 Å². The molecule has 1 saturated heterocycles. The molecule has 1 atom stereocenters. The summed E-state index contributed by atoms with van der Waals surface area (Å²) in [6.07, 6.45) is 6.73. The number of urea groups is 1. The van der Waals surface area contributed by atoms with E-state index in [-0.39, 0.29) is 17.9 Å². The van der Waals surface area contributed by atoms with Crippen molar-refractivity contribution in [1.82, 2.24) is 10.2 Å². The molecule has 1 aliphatic carbocycles. The number of hydrogen-bond donors (Lipinski definition) is 2. The van der Waals surface area contributed by atoms with Crippen LogP contribution in [-0.4, -0.2) is 40.8 Å². The molecule has 5 heteroatoms. The Bertz CT molecular complexity index is 542. The number of aliphatic hydroxyl groups is 1. The van der Waals surface area contributed by atoms with Crippen LogP contribution >= 0.6 is 0 Å². The smallest absolute Gasteiger partial charge is 0.317 e. The van der Waals surface area contributed by atoms with Crippen LogP contribution < -0.4 is 5.32 Å². The zero-order valence-electron chi connectivity index (χ0n) is 13.4. The number of likely N-dealkylation sites (tertiary alicyclic amines) is 1. The SMILES string of the molecule is O=C(NC1CCCCC1)N1CCC(O)(Cc2ccc(F)cc2)C1. The largest absolute Gasteiger partial charge is 0.388 e. The van der Waals surface area contributed by atoms with Gasteiger partial charge in [0, 0.05) is 19.0 Å². The normalized spacial score (nSPS) is 25.6. The topological polar surface area (TPSA) is 52.6 Å². The first-order valence-corrected chi connectivity index (χ1v) is 8.56. The summed E-state index contributed by atoms with van der Waals surface area (Å²) >= 11 is 0. The number of nitrogens with one attached hydrogen (secondary N) is 1. The second-order valence-electron chi connectivity index (χ2n) is 6.98. The number of rotatable bonds is 3. The number of β-amino-alcohol motifs (C(OH)–C–C–N with tert-alkyl or cyclic N) is 1. The number of hydrogen-bond acceptors (Lipinski definition) is 2. The Labute approximate surface area is 136 Å². The number of carbonyl (C=O) groups excluding carboxylic acids is 1. The van der Waals surface area contributed by atoms with Gasteiger partial charge in [-0.3, -0.25) is 0 Å². The third-order valence-corrected chi connectivity index (χ3v) is 5.00. The maximum Gasteiger partial charge on any atom is 0.317 e. The predicted octanol–water partition coefficient (Wildman–Crippen LogP) is 2.85. The number of halogens is 1. The molecule has 1 unspecified atom stereocenters.